The van der Waals surface area contributed by atoms with Gasteiger partial charge in [0.1, 0.15) is 17.4 Å². The van der Waals surface area contributed by atoms with Gasteiger partial charge in [0.15, 0.2) is 11.5 Å². The quantitative estimate of drug-likeness (QED) is 0.514. The second kappa shape index (κ2) is 10.6. The fourth-order valence-electron chi connectivity index (χ4n) is 2.40. The summed E-state index contributed by atoms with van der Waals surface area (Å²) in [4.78, 5) is 12.4. The number of carbonyl (C=O) groups is 1. The molecule has 0 atom stereocenters. The van der Waals surface area contributed by atoms with E-state index < -0.39 is 5.91 Å². The van der Waals surface area contributed by atoms with Crippen molar-refractivity contribution in [1.29, 1.82) is 5.26 Å². The van der Waals surface area contributed by atoms with E-state index in [4.69, 9.17) is 14.2 Å². The van der Waals surface area contributed by atoms with Crippen LogP contribution in [-0.4, -0.2) is 26.2 Å². The van der Waals surface area contributed by atoms with Crippen LogP contribution in [0.5, 0.6) is 17.2 Å². The smallest absolute Gasteiger partial charge is 0.266 e. The van der Waals surface area contributed by atoms with Crippen LogP contribution in [0.2, 0.25) is 0 Å². The number of nitrogens with one attached hydrogen (secondary N) is 1. The summed E-state index contributed by atoms with van der Waals surface area (Å²) >= 11 is 0. The minimum absolute atomic E-state index is 0.0134. The van der Waals surface area contributed by atoms with Gasteiger partial charge in [-0.2, -0.15) is 5.26 Å². The molecule has 146 valence electrons. The van der Waals surface area contributed by atoms with Crippen LogP contribution in [0.15, 0.2) is 48.0 Å². The first-order chi connectivity index (χ1) is 13.6. The Balaban J connectivity index is 2.20. The average Bonchev–Trinajstić information content (AvgIpc) is 2.72. The molecule has 0 saturated carbocycles. The number of anilines is 1. The molecule has 1 N–H and O–H groups in total. The Morgan fingerprint density at radius 2 is 1.86 bits per heavy atom. The molecular formula is C22H24N2O4. The Hall–Kier alpha value is -3.46. The summed E-state index contributed by atoms with van der Waals surface area (Å²) in [5.74, 6) is 1.42. The summed E-state index contributed by atoms with van der Waals surface area (Å²) in [6, 6.07) is 14.1. The highest BCUT2D eigenvalue weighted by atomic mass is 16.5. The van der Waals surface area contributed by atoms with E-state index in [1.165, 1.54) is 6.08 Å². The zero-order chi connectivity index (χ0) is 20.4. The third-order valence-corrected chi connectivity index (χ3v) is 3.75. The molecule has 2 aromatic carbocycles. The SMILES string of the molecule is CCCOc1ccc(/C=C(/C#N)C(=O)Nc2ccc(OC)cc2)cc1OCC. The molecule has 0 radical (unpaired) electrons. The number of hydrogen-bond donors (Lipinski definition) is 1. The number of ether oxygens (including phenoxy) is 3. The predicted molar refractivity (Wildman–Crippen MR) is 109 cm³/mol. The number of carbonyl (C=O) groups excluding carboxylic acids is 1. The van der Waals surface area contributed by atoms with Gasteiger partial charge >= 0.3 is 0 Å². The van der Waals surface area contributed by atoms with Crippen LogP contribution in [0.4, 0.5) is 5.69 Å². The Bertz CT molecular complexity index is 867. The van der Waals surface area contributed by atoms with Crippen molar-refractivity contribution in [2.24, 2.45) is 0 Å². The Morgan fingerprint density at radius 1 is 1.11 bits per heavy atom. The van der Waals surface area contributed by atoms with Crippen molar-refractivity contribution >= 4 is 17.7 Å². The second-order valence-electron chi connectivity index (χ2n) is 5.84. The van der Waals surface area contributed by atoms with Crippen molar-refractivity contribution in [3.63, 3.8) is 0 Å². The van der Waals surface area contributed by atoms with Gasteiger partial charge in [-0.3, -0.25) is 4.79 Å². The van der Waals surface area contributed by atoms with Gasteiger partial charge in [0.05, 0.1) is 20.3 Å². The number of methoxy groups -OCH3 is 1. The molecule has 0 spiro atoms. The Labute approximate surface area is 165 Å². The number of benzene rings is 2. The molecular weight excluding hydrogens is 356 g/mol. The van der Waals surface area contributed by atoms with Crippen LogP contribution < -0.4 is 19.5 Å². The summed E-state index contributed by atoms with van der Waals surface area (Å²) in [6.07, 6.45) is 2.41. The number of rotatable bonds is 9. The van der Waals surface area contributed by atoms with Crippen molar-refractivity contribution < 1.29 is 19.0 Å². The fraction of sp³-hybridized carbons (Fsp3) is 0.273. The molecule has 0 aliphatic carbocycles. The third kappa shape index (κ3) is 5.78. The standard InChI is InChI=1S/C22H24N2O4/c1-4-12-28-20-11-6-16(14-21(20)27-5-2)13-17(15-23)22(25)24-18-7-9-19(26-3)10-8-18/h6-11,13-14H,4-5,12H2,1-3H3,(H,24,25)/b17-13-. The highest BCUT2D eigenvalue weighted by Crippen LogP contribution is 2.29. The van der Waals surface area contributed by atoms with Gasteiger partial charge in [0.2, 0.25) is 0 Å². The van der Waals surface area contributed by atoms with Crippen molar-refractivity contribution in [3.8, 4) is 23.3 Å². The van der Waals surface area contributed by atoms with Gasteiger partial charge in [0, 0.05) is 5.69 Å². The van der Waals surface area contributed by atoms with Crippen LogP contribution in [0, 0.1) is 11.3 Å². The van der Waals surface area contributed by atoms with Crippen molar-refractivity contribution in [1.82, 2.24) is 0 Å². The summed E-state index contributed by atoms with van der Waals surface area (Å²) < 4.78 is 16.4. The van der Waals surface area contributed by atoms with E-state index in [2.05, 4.69) is 5.32 Å². The van der Waals surface area contributed by atoms with Gasteiger partial charge in [0.25, 0.3) is 5.91 Å². The molecule has 0 aromatic heterocycles. The average molecular weight is 380 g/mol. The monoisotopic (exact) mass is 380 g/mol. The highest BCUT2D eigenvalue weighted by Gasteiger charge is 2.11. The van der Waals surface area contributed by atoms with Gasteiger partial charge in [-0.05, 0) is 61.4 Å². The van der Waals surface area contributed by atoms with E-state index in [-0.39, 0.29) is 5.57 Å². The number of nitriles is 1. The molecule has 6 heteroatoms. The minimum Gasteiger partial charge on any atom is -0.497 e. The van der Waals surface area contributed by atoms with Crippen molar-refractivity contribution in [3.05, 3.63) is 53.6 Å². The Morgan fingerprint density at radius 3 is 2.46 bits per heavy atom. The summed E-state index contributed by atoms with van der Waals surface area (Å²) in [7, 11) is 1.57. The molecule has 0 aliphatic rings. The van der Waals surface area contributed by atoms with Crippen LogP contribution in [-0.2, 0) is 4.79 Å². The number of amides is 1. The van der Waals surface area contributed by atoms with E-state index >= 15 is 0 Å². The van der Waals surface area contributed by atoms with Gasteiger partial charge in [-0.15, -0.1) is 0 Å². The fourth-order valence-corrected chi connectivity index (χ4v) is 2.40. The van der Waals surface area contributed by atoms with Gasteiger partial charge in [-0.25, -0.2) is 0 Å². The Kier molecular flexibility index (Phi) is 7.92. The van der Waals surface area contributed by atoms with Gasteiger partial charge < -0.3 is 19.5 Å². The molecule has 1 amide bonds. The molecule has 2 aromatic rings. The number of hydrogen-bond acceptors (Lipinski definition) is 5. The number of nitrogens with zero attached hydrogens (tertiary/aromatic N) is 1. The normalized spacial score (nSPS) is 10.7. The topological polar surface area (TPSA) is 80.6 Å². The molecule has 0 bridgehead atoms. The largest absolute Gasteiger partial charge is 0.497 e. The predicted octanol–water partition coefficient (Wildman–Crippen LogP) is 4.43. The summed E-state index contributed by atoms with van der Waals surface area (Å²) in [6.45, 7) is 4.98. The first-order valence-electron chi connectivity index (χ1n) is 9.08. The molecule has 0 fully saturated rings. The van der Waals surface area contributed by atoms with Crippen molar-refractivity contribution in [2.45, 2.75) is 20.3 Å². The van der Waals surface area contributed by atoms with Crippen molar-refractivity contribution in [2.75, 3.05) is 25.6 Å². The summed E-state index contributed by atoms with van der Waals surface area (Å²) in [5.41, 5.74) is 1.24. The van der Waals surface area contributed by atoms with E-state index in [1.54, 1.807) is 49.6 Å². The van der Waals surface area contributed by atoms with Gasteiger partial charge in [-0.1, -0.05) is 13.0 Å². The van der Waals surface area contributed by atoms with Crippen LogP contribution in [0.25, 0.3) is 6.08 Å². The van der Waals surface area contributed by atoms with Crippen LogP contribution in [0.3, 0.4) is 0 Å². The molecule has 28 heavy (non-hydrogen) atoms. The maximum Gasteiger partial charge on any atom is 0.266 e. The molecule has 0 saturated heterocycles. The van der Waals surface area contributed by atoms with Crippen LogP contribution in [0.1, 0.15) is 25.8 Å². The summed E-state index contributed by atoms with van der Waals surface area (Å²) in [5, 5.41) is 12.1. The lowest BCUT2D eigenvalue weighted by molar-refractivity contribution is -0.112. The lowest BCUT2D eigenvalue weighted by Gasteiger charge is -2.12. The van der Waals surface area contributed by atoms with Crippen LogP contribution >= 0.6 is 0 Å². The maximum atomic E-state index is 12.4. The molecule has 0 unspecified atom stereocenters. The highest BCUT2D eigenvalue weighted by molar-refractivity contribution is 6.09. The first-order valence-corrected chi connectivity index (χ1v) is 9.08. The van der Waals surface area contributed by atoms with E-state index in [9.17, 15) is 10.1 Å². The van der Waals surface area contributed by atoms with E-state index in [0.717, 1.165) is 6.42 Å². The zero-order valence-electron chi connectivity index (χ0n) is 16.3. The third-order valence-electron chi connectivity index (χ3n) is 3.75. The van der Waals surface area contributed by atoms with E-state index in [0.29, 0.717) is 41.7 Å². The molecule has 0 heterocycles. The van der Waals surface area contributed by atoms with E-state index in [1.807, 2.05) is 19.9 Å². The second-order valence-corrected chi connectivity index (χ2v) is 5.84. The first kappa shape index (κ1) is 20.8. The lowest BCUT2D eigenvalue weighted by Crippen LogP contribution is -2.13. The maximum absolute atomic E-state index is 12.4. The molecule has 6 nitrogen and oxygen atoms in total. The zero-order valence-corrected chi connectivity index (χ0v) is 16.3. The minimum atomic E-state index is -0.489. The molecule has 2 rings (SSSR count). The molecule has 0 aliphatic heterocycles. The lowest BCUT2D eigenvalue weighted by atomic mass is 10.1.